The third kappa shape index (κ3) is 28.3. The molecule has 1 aliphatic rings. The molecule has 14 heteroatoms. The van der Waals surface area contributed by atoms with E-state index in [9.17, 15) is 44.6 Å². The number of phosphoric acid groups is 1. The average Bonchev–Trinajstić information content (AvgIpc) is 3.21. The van der Waals surface area contributed by atoms with Gasteiger partial charge in [-0.3, -0.25) is 18.6 Å². The third-order valence-electron chi connectivity index (χ3n) is 10.5. The minimum atomic E-state index is -5.13. The monoisotopic (exact) mass is 861 g/mol. The van der Waals surface area contributed by atoms with Crippen molar-refractivity contribution in [2.24, 2.45) is 0 Å². The highest BCUT2D eigenvalue weighted by atomic mass is 31.2. The molecule has 0 saturated heterocycles. The van der Waals surface area contributed by atoms with Gasteiger partial charge in [-0.2, -0.15) is 0 Å². The Hall–Kier alpha value is -1.93. The maximum absolute atomic E-state index is 12.8. The van der Waals surface area contributed by atoms with Crippen LogP contribution in [0.3, 0.4) is 0 Å². The third-order valence-corrected chi connectivity index (χ3v) is 11.5. The molecule has 0 heterocycles. The molecule has 0 amide bonds. The molecular formula is C45H81O13P. The Bertz CT molecular complexity index is 1180. The molecule has 0 radical (unpaired) electrons. The largest absolute Gasteiger partial charge is 0.472 e. The number of carbonyl (C=O) groups excluding carboxylic acids is 2. The molecular weight excluding hydrogens is 779 g/mol. The lowest BCUT2D eigenvalue weighted by molar-refractivity contribution is -0.220. The highest BCUT2D eigenvalue weighted by Crippen LogP contribution is 2.47. The van der Waals surface area contributed by atoms with Crippen LogP contribution in [0.4, 0.5) is 0 Å². The molecule has 0 spiro atoms. The van der Waals surface area contributed by atoms with Crippen molar-refractivity contribution in [3.05, 3.63) is 36.5 Å². The SMILES string of the molecule is CCCCCCCCC=CCC=CCC=CCCCC(=O)OC(COC(=O)CCCCCCCCCCCCCCC)COP(=O)(O)OC1C(O)C(O)C(O)C(O)C1O. The molecule has 0 aliphatic heterocycles. The summed E-state index contributed by atoms with van der Waals surface area (Å²) in [7, 11) is -5.13. The first kappa shape index (κ1) is 55.1. The van der Waals surface area contributed by atoms with Gasteiger partial charge in [0.15, 0.2) is 6.10 Å². The first-order valence-electron chi connectivity index (χ1n) is 22.8. The first-order valence-corrected chi connectivity index (χ1v) is 24.3. The number of ether oxygens (including phenoxy) is 2. The summed E-state index contributed by atoms with van der Waals surface area (Å²) >= 11 is 0. The van der Waals surface area contributed by atoms with Gasteiger partial charge in [-0.15, -0.1) is 0 Å². The van der Waals surface area contributed by atoms with Crippen molar-refractivity contribution in [1.82, 2.24) is 0 Å². The Labute approximate surface area is 355 Å². The van der Waals surface area contributed by atoms with Crippen molar-refractivity contribution >= 4 is 19.8 Å². The van der Waals surface area contributed by atoms with Crippen LogP contribution in [0.5, 0.6) is 0 Å². The fourth-order valence-electron chi connectivity index (χ4n) is 6.77. The van der Waals surface area contributed by atoms with Crippen LogP contribution in [0.25, 0.3) is 0 Å². The van der Waals surface area contributed by atoms with Gasteiger partial charge in [0.2, 0.25) is 0 Å². The molecule has 1 fully saturated rings. The lowest BCUT2D eigenvalue weighted by Gasteiger charge is -2.41. The molecule has 344 valence electrons. The minimum absolute atomic E-state index is 0.0266. The minimum Gasteiger partial charge on any atom is -0.462 e. The van der Waals surface area contributed by atoms with E-state index in [1.54, 1.807) is 0 Å². The standard InChI is InChI=1S/C45H81O13P/c1-3-5-7-9-11-13-15-17-18-19-20-22-24-26-28-30-32-34-39(47)57-37(36-56-59(53,54)58-45-43(51)41(49)40(48)42(50)44(45)52)35-55-38(46)33-31-29-27-25-23-21-16-14-12-10-8-6-4-2/h17-18,20,22,26,28,37,40-45,48-52H,3-16,19,21,23-25,27,29-36H2,1-2H3,(H,53,54). The summed E-state index contributed by atoms with van der Waals surface area (Å²) < 4.78 is 33.4. The Balaban J connectivity index is 2.51. The fourth-order valence-corrected chi connectivity index (χ4v) is 7.75. The second-order valence-corrected chi connectivity index (χ2v) is 17.3. The van der Waals surface area contributed by atoms with Crippen LogP contribution < -0.4 is 0 Å². The van der Waals surface area contributed by atoms with Crippen molar-refractivity contribution in [2.45, 2.75) is 224 Å². The Kier molecular flexibility index (Phi) is 33.3. The van der Waals surface area contributed by atoms with Crippen LogP contribution in [0, 0.1) is 0 Å². The zero-order valence-electron chi connectivity index (χ0n) is 36.3. The number of aliphatic hydroxyl groups is 5. The average molecular weight is 861 g/mol. The van der Waals surface area contributed by atoms with E-state index in [1.165, 1.54) is 96.3 Å². The van der Waals surface area contributed by atoms with E-state index in [1.807, 2.05) is 12.2 Å². The van der Waals surface area contributed by atoms with Gasteiger partial charge in [0.25, 0.3) is 0 Å². The molecule has 6 atom stereocenters. The maximum Gasteiger partial charge on any atom is 0.472 e. The molecule has 59 heavy (non-hydrogen) atoms. The van der Waals surface area contributed by atoms with Gasteiger partial charge in [0.1, 0.15) is 43.2 Å². The highest BCUT2D eigenvalue weighted by Gasteiger charge is 2.51. The second-order valence-electron chi connectivity index (χ2n) is 15.9. The number of hydrogen-bond donors (Lipinski definition) is 6. The second kappa shape index (κ2) is 35.6. The van der Waals surface area contributed by atoms with Gasteiger partial charge < -0.3 is 39.9 Å². The van der Waals surface area contributed by atoms with E-state index < -0.39 is 75.7 Å². The van der Waals surface area contributed by atoms with Gasteiger partial charge in [-0.05, 0) is 44.9 Å². The highest BCUT2D eigenvalue weighted by molar-refractivity contribution is 7.47. The molecule has 0 aromatic rings. The number of allylic oxidation sites excluding steroid dienone is 6. The summed E-state index contributed by atoms with van der Waals surface area (Å²) in [5.41, 5.74) is 0. The van der Waals surface area contributed by atoms with Gasteiger partial charge in [-0.1, -0.05) is 159 Å². The molecule has 6 unspecified atom stereocenters. The van der Waals surface area contributed by atoms with E-state index in [-0.39, 0.29) is 12.8 Å². The van der Waals surface area contributed by atoms with Crippen LogP contribution in [-0.4, -0.2) is 98.3 Å². The summed E-state index contributed by atoms with van der Waals surface area (Å²) in [6, 6.07) is 0. The molecule has 13 nitrogen and oxygen atoms in total. The van der Waals surface area contributed by atoms with Gasteiger partial charge >= 0.3 is 19.8 Å². The molecule has 1 aliphatic carbocycles. The van der Waals surface area contributed by atoms with E-state index in [2.05, 4.69) is 38.2 Å². The van der Waals surface area contributed by atoms with Crippen LogP contribution in [0.2, 0.25) is 0 Å². The lowest BCUT2D eigenvalue weighted by Crippen LogP contribution is -2.64. The van der Waals surface area contributed by atoms with Crippen LogP contribution in [0.15, 0.2) is 36.5 Å². The number of unbranched alkanes of at least 4 members (excludes halogenated alkanes) is 19. The van der Waals surface area contributed by atoms with Crippen molar-refractivity contribution in [2.75, 3.05) is 13.2 Å². The lowest BCUT2D eigenvalue weighted by atomic mass is 9.85. The molecule has 0 bridgehead atoms. The van der Waals surface area contributed by atoms with E-state index in [4.69, 9.17) is 18.5 Å². The molecule has 6 N–H and O–H groups in total. The summed E-state index contributed by atoms with van der Waals surface area (Å²) in [6.07, 6.45) is 26.4. The number of carbonyl (C=O) groups is 2. The maximum atomic E-state index is 12.8. The number of hydrogen-bond acceptors (Lipinski definition) is 12. The number of aliphatic hydroxyl groups excluding tert-OH is 5. The summed E-state index contributed by atoms with van der Waals surface area (Å²) in [5.74, 6) is -1.16. The van der Waals surface area contributed by atoms with Gasteiger partial charge in [0.05, 0.1) is 6.61 Å². The smallest absolute Gasteiger partial charge is 0.462 e. The van der Waals surface area contributed by atoms with E-state index in [0.717, 1.165) is 38.5 Å². The van der Waals surface area contributed by atoms with Crippen molar-refractivity contribution in [3.63, 3.8) is 0 Å². The van der Waals surface area contributed by atoms with Crippen molar-refractivity contribution in [3.8, 4) is 0 Å². The predicted octanol–water partition coefficient (Wildman–Crippen LogP) is 8.61. The zero-order chi connectivity index (χ0) is 43.6. The summed E-state index contributed by atoms with van der Waals surface area (Å²) in [6.45, 7) is 3.24. The zero-order valence-corrected chi connectivity index (χ0v) is 37.2. The molecule has 1 saturated carbocycles. The quantitative estimate of drug-likeness (QED) is 0.0150. The molecule has 0 aromatic carbocycles. The van der Waals surface area contributed by atoms with Crippen LogP contribution in [-0.2, 0) is 32.7 Å². The van der Waals surface area contributed by atoms with Crippen LogP contribution >= 0.6 is 7.82 Å². The predicted molar refractivity (Wildman–Crippen MR) is 230 cm³/mol. The number of esters is 2. The summed E-state index contributed by atoms with van der Waals surface area (Å²) in [5, 5.41) is 50.1. The van der Waals surface area contributed by atoms with Gasteiger partial charge in [0, 0.05) is 12.8 Å². The Morgan fingerprint density at radius 2 is 0.932 bits per heavy atom. The van der Waals surface area contributed by atoms with Crippen molar-refractivity contribution < 1.29 is 63.1 Å². The van der Waals surface area contributed by atoms with Crippen molar-refractivity contribution in [1.29, 1.82) is 0 Å². The normalized spacial score (nSPS) is 22.6. The van der Waals surface area contributed by atoms with Gasteiger partial charge in [-0.25, -0.2) is 4.57 Å². The van der Waals surface area contributed by atoms with Crippen LogP contribution in [0.1, 0.15) is 181 Å². The molecule has 0 aromatic heterocycles. The van der Waals surface area contributed by atoms with E-state index in [0.29, 0.717) is 19.3 Å². The number of rotatable bonds is 37. The topological polar surface area (TPSA) is 210 Å². The molecule has 1 rings (SSSR count). The first-order chi connectivity index (χ1) is 28.4. The Morgan fingerprint density at radius 1 is 0.525 bits per heavy atom. The summed E-state index contributed by atoms with van der Waals surface area (Å²) in [4.78, 5) is 35.6. The number of phosphoric ester groups is 1. The fraction of sp³-hybridized carbons (Fsp3) is 0.822. The van der Waals surface area contributed by atoms with E-state index >= 15 is 0 Å². The Morgan fingerprint density at radius 3 is 1.44 bits per heavy atom.